The first-order valence-corrected chi connectivity index (χ1v) is 6.70. The van der Waals surface area contributed by atoms with Crippen LogP contribution in [0, 0.1) is 15.3 Å². The number of fused-ring (bicyclic) bond motifs is 1. The molecule has 3 rings (SSSR count). The van der Waals surface area contributed by atoms with Gasteiger partial charge in [0.25, 0.3) is 5.69 Å². The Labute approximate surface area is 130 Å². The molecule has 0 amide bonds. The van der Waals surface area contributed by atoms with Crippen molar-refractivity contribution in [1.29, 1.82) is 0 Å². The second-order valence-electron chi connectivity index (χ2n) is 4.80. The number of nitrogens with zero attached hydrogens (tertiary/aromatic N) is 3. The molecular formula is C16H11N3O4. The van der Waals surface area contributed by atoms with Crippen LogP contribution in [0.1, 0.15) is 0 Å². The number of phenolic OH excluding ortho intramolecular Hbond substituents is 1. The molecule has 0 radical (unpaired) electrons. The average Bonchev–Trinajstić information content (AvgIpc) is 2.55. The highest BCUT2D eigenvalue weighted by Gasteiger charge is 2.15. The lowest BCUT2D eigenvalue weighted by atomic mass is 10.1. The van der Waals surface area contributed by atoms with E-state index in [1.807, 2.05) is 0 Å². The molecule has 114 valence electrons. The second-order valence-corrected chi connectivity index (χ2v) is 4.80. The molecule has 0 aliphatic heterocycles. The molecule has 0 aliphatic carbocycles. The topological polar surface area (TPSA) is 102 Å². The number of nitro benzene ring substituents is 1. The SMILES string of the molecule is O=[N+]([O-])c1ccc(N=[N+]([O-])c2ccc(O)cc2)c2ccccc12. The van der Waals surface area contributed by atoms with E-state index >= 15 is 0 Å². The lowest BCUT2D eigenvalue weighted by Crippen LogP contribution is -1.92. The van der Waals surface area contributed by atoms with E-state index in [2.05, 4.69) is 5.11 Å². The summed E-state index contributed by atoms with van der Waals surface area (Å²) in [6, 6.07) is 15.1. The van der Waals surface area contributed by atoms with Crippen molar-refractivity contribution in [2.45, 2.75) is 0 Å². The van der Waals surface area contributed by atoms with Crippen LogP contribution in [0.15, 0.2) is 65.8 Å². The molecule has 0 fully saturated rings. The fraction of sp³-hybridized carbons (Fsp3) is 0. The minimum absolute atomic E-state index is 0.0402. The van der Waals surface area contributed by atoms with Gasteiger partial charge in [-0.15, -0.1) is 0 Å². The molecule has 0 spiro atoms. The molecule has 0 unspecified atom stereocenters. The monoisotopic (exact) mass is 309 g/mol. The van der Waals surface area contributed by atoms with Crippen LogP contribution in [0.2, 0.25) is 0 Å². The minimum Gasteiger partial charge on any atom is -0.594 e. The number of hydrogen-bond acceptors (Lipinski definition) is 5. The summed E-state index contributed by atoms with van der Waals surface area (Å²) in [7, 11) is 0. The van der Waals surface area contributed by atoms with E-state index in [-0.39, 0.29) is 17.1 Å². The van der Waals surface area contributed by atoms with Crippen molar-refractivity contribution in [2.24, 2.45) is 5.11 Å². The van der Waals surface area contributed by atoms with Gasteiger partial charge in [0.15, 0.2) is 0 Å². The molecule has 0 atom stereocenters. The van der Waals surface area contributed by atoms with Gasteiger partial charge in [0.2, 0.25) is 5.69 Å². The standard InChI is InChI=1S/C16H11N3O4/c20-12-7-5-11(6-8-12)18(21)17-15-9-10-16(19(22)23)14-4-2-1-3-13(14)15/h1-10,20H. The largest absolute Gasteiger partial charge is 0.594 e. The number of benzene rings is 3. The Morgan fingerprint density at radius 3 is 2.17 bits per heavy atom. The third kappa shape index (κ3) is 2.80. The quantitative estimate of drug-likeness (QED) is 0.335. The predicted molar refractivity (Wildman–Crippen MR) is 84.1 cm³/mol. The fourth-order valence-electron chi connectivity index (χ4n) is 2.25. The highest BCUT2D eigenvalue weighted by atomic mass is 16.6. The molecule has 23 heavy (non-hydrogen) atoms. The molecule has 0 bridgehead atoms. The van der Waals surface area contributed by atoms with Crippen LogP contribution in [0.4, 0.5) is 17.1 Å². The van der Waals surface area contributed by atoms with Crippen molar-refractivity contribution in [1.82, 2.24) is 0 Å². The van der Waals surface area contributed by atoms with Gasteiger partial charge in [-0.25, -0.2) is 0 Å². The summed E-state index contributed by atoms with van der Waals surface area (Å²) < 4.78 is 0. The van der Waals surface area contributed by atoms with Crippen molar-refractivity contribution < 1.29 is 14.9 Å². The zero-order valence-corrected chi connectivity index (χ0v) is 11.8. The van der Waals surface area contributed by atoms with Crippen LogP contribution in [-0.4, -0.2) is 14.9 Å². The van der Waals surface area contributed by atoms with E-state index in [1.165, 1.54) is 36.4 Å². The summed E-state index contributed by atoms with van der Waals surface area (Å²) >= 11 is 0. The average molecular weight is 309 g/mol. The summed E-state index contributed by atoms with van der Waals surface area (Å²) in [6.07, 6.45) is 0. The van der Waals surface area contributed by atoms with Gasteiger partial charge >= 0.3 is 0 Å². The highest BCUT2D eigenvalue weighted by molar-refractivity contribution is 5.98. The van der Waals surface area contributed by atoms with Gasteiger partial charge in [0.1, 0.15) is 11.4 Å². The van der Waals surface area contributed by atoms with Gasteiger partial charge in [-0.3, -0.25) is 10.1 Å². The minimum atomic E-state index is -0.471. The maximum Gasteiger partial charge on any atom is 0.277 e. The van der Waals surface area contributed by atoms with Crippen molar-refractivity contribution in [3.63, 3.8) is 0 Å². The molecule has 7 nitrogen and oxygen atoms in total. The van der Waals surface area contributed by atoms with Gasteiger partial charge in [0.05, 0.1) is 10.3 Å². The van der Waals surface area contributed by atoms with Crippen LogP contribution in [-0.2, 0) is 0 Å². The second kappa shape index (κ2) is 5.72. The van der Waals surface area contributed by atoms with E-state index in [0.29, 0.717) is 21.3 Å². The Bertz CT molecular complexity index is 920. The maximum absolute atomic E-state index is 12.1. The number of phenols is 1. The first kappa shape index (κ1) is 14.5. The molecule has 3 aromatic rings. The van der Waals surface area contributed by atoms with Crippen molar-refractivity contribution >= 4 is 27.8 Å². The van der Waals surface area contributed by atoms with Gasteiger partial charge in [-0.1, -0.05) is 23.1 Å². The summed E-state index contributed by atoms with van der Waals surface area (Å²) in [6.45, 7) is 0. The summed E-state index contributed by atoms with van der Waals surface area (Å²) in [5.74, 6) is 0.0444. The van der Waals surface area contributed by atoms with Crippen molar-refractivity contribution in [2.75, 3.05) is 0 Å². The zero-order valence-electron chi connectivity index (χ0n) is 11.8. The van der Waals surface area contributed by atoms with E-state index in [0.717, 1.165) is 0 Å². The molecule has 0 saturated heterocycles. The van der Waals surface area contributed by atoms with Gasteiger partial charge in [-0.05, 0) is 24.3 Å². The summed E-state index contributed by atoms with van der Waals surface area (Å²) in [4.78, 5) is 11.0. The normalized spacial score (nSPS) is 11.6. The Balaban J connectivity index is 2.13. The van der Waals surface area contributed by atoms with E-state index in [9.17, 15) is 20.4 Å². The maximum atomic E-state index is 12.1. The molecule has 3 aromatic carbocycles. The number of aromatic hydroxyl groups is 1. The third-order valence-electron chi connectivity index (χ3n) is 3.34. The van der Waals surface area contributed by atoms with Gasteiger partial charge in [-0.2, -0.15) is 0 Å². The molecule has 0 saturated carbocycles. The molecule has 1 N–H and O–H groups in total. The Morgan fingerprint density at radius 1 is 0.870 bits per heavy atom. The van der Waals surface area contributed by atoms with Crippen molar-refractivity contribution in [3.8, 4) is 5.75 Å². The first-order valence-electron chi connectivity index (χ1n) is 6.70. The Kier molecular flexibility index (Phi) is 3.60. The summed E-state index contributed by atoms with van der Waals surface area (Å²) in [5.41, 5.74) is 0.529. The molecule has 0 heterocycles. The van der Waals surface area contributed by atoms with Crippen LogP contribution in [0.5, 0.6) is 5.75 Å². The number of azo groups is 1. The van der Waals surface area contributed by atoms with E-state index in [4.69, 9.17) is 0 Å². The molecule has 0 aromatic heterocycles. The smallest absolute Gasteiger partial charge is 0.277 e. The third-order valence-corrected chi connectivity index (χ3v) is 3.34. The first-order chi connectivity index (χ1) is 11.1. The van der Waals surface area contributed by atoms with Crippen LogP contribution < -0.4 is 0 Å². The molecule has 7 heteroatoms. The van der Waals surface area contributed by atoms with Crippen LogP contribution >= 0.6 is 0 Å². The number of hydrogen-bond donors (Lipinski definition) is 1. The lowest BCUT2D eigenvalue weighted by Gasteiger charge is -2.03. The highest BCUT2D eigenvalue weighted by Crippen LogP contribution is 2.33. The molecule has 0 aliphatic rings. The van der Waals surface area contributed by atoms with Gasteiger partial charge in [0, 0.05) is 28.7 Å². The fourth-order valence-corrected chi connectivity index (χ4v) is 2.25. The van der Waals surface area contributed by atoms with Crippen LogP contribution in [0.3, 0.4) is 0 Å². The predicted octanol–water partition coefficient (Wildman–Crippen LogP) is 4.38. The van der Waals surface area contributed by atoms with Crippen molar-refractivity contribution in [3.05, 3.63) is 76.0 Å². The zero-order chi connectivity index (χ0) is 16.4. The Hall–Kier alpha value is -3.48. The number of rotatable bonds is 3. The van der Waals surface area contributed by atoms with E-state index < -0.39 is 4.92 Å². The van der Waals surface area contributed by atoms with E-state index in [1.54, 1.807) is 24.3 Å². The Morgan fingerprint density at radius 2 is 1.52 bits per heavy atom. The summed E-state index contributed by atoms with van der Waals surface area (Å²) in [5, 5.41) is 37.3. The lowest BCUT2D eigenvalue weighted by molar-refractivity contribution is -0.435. The number of nitro groups is 1. The molecular weight excluding hydrogens is 298 g/mol. The van der Waals surface area contributed by atoms with Crippen LogP contribution in [0.25, 0.3) is 10.8 Å². The van der Waals surface area contributed by atoms with Gasteiger partial charge < -0.3 is 10.3 Å². The number of non-ortho nitro benzene ring substituents is 1.